The number of thiazole rings is 1. The first-order valence-corrected chi connectivity index (χ1v) is 18.3. The molecule has 0 fully saturated rings. The van der Waals surface area contributed by atoms with Gasteiger partial charge in [0.25, 0.3) is 5.56 Å². The van der Waals surface area contributed by atoms with E-state index in [1.807, 2.05) is 36.4 Å². The maximum atomic E-state index is 14.4. The summed E-state index contributed by atoms with van der Waals surface area (Å²) in [6.07, 6.45) is 1.82. The van der Waals surface area contributed by atoms with Gasteiger partial charge in [-0.1, -0.05) is 85.7 Å². The number of hydrogen-bond donors (Lipinski definition) is 0. The topological polar surface area (TPSA) is 88.4 Å². The molecule has 1 aliphatic rings. The minimum Gasteiger partial charge on any atom is -0.493 e. The molecule has 48 heavy (non-hydrogen) atoms. The van der Waals surface area contributed by atoms with Crippen molar-refractivity contribution in [3.05, 3.63) is 127 Å². The van der Waals surface area contributed by atoms with Crippen molar-refractivity contribution in [2.75, 3.05) is 20.8 Å². The molecular formula is C36H29Br2IN2O6S. The highest BCUT2D eigenvalue weighted by molar-refractivity contribution is 14.1. The number of carbonyl (C=O) groups excluding carboxylic acids is 1. The van der Waals surface area contributed by atoms with Crippen molar-refractivity contribution < 1.29 is 23.7 Å². The normalized spacial score (nSPS) is 14.5. The van der Waals surface area contributed by atoms with Crippen LogP contribution in [0.2, 0.25) is 0 Å². The van der Waals surface area contributed by atoms with Crippen molar-refractivity contribution >= 4 is 88.6 Å². The Labute approximate surface area is 311 Å². The second-order valence-electron chi connectivity index (χ2n) is 10.8. The molecule has 5 aromatic rings. The summed E-state index contributed by atoms with van der Waals surface area (Å²) in [5.41, 5.74) is 2.82. The third-order valence-corrected chi connectivity index (χ3v) is 10.8. The second-order valence-corrected chi connectivity index (χ2v) is 14.7. The van der Waals surface area contributed by atoms with Crippen LogP contribution in [0.4, 0.5) is 0 Å². The summed E-state index contributed by atoms with van der Waals surface area (Å²) in [7, 11) is 3.08. The fourth-order valence-corrected chi connectivity index (χ4v) is 9.00. The molecule has 0 amide bonds. The average Bonchev–Trinajstić information content (AvgIpc) is 3.37. The lowest BCUT2D eigenvalue weighted by atomic mass is 9.95. The van der Waals surface area contributed by atoms with E-state index in [0.29, 0.717) is 48.9 Å². The number of carbonyl (C=O) groups is 1. The zero-order valence-corrected chi connectivity index (χ0v) is 32.5. The lowest BCUT2D eigenvalue weighted by Crippen LogP contribution is -2.40. The van der Waals surface area contributed by atoms with E-state index in [-0.39, 0.29) is 17.7 Å². The molecule has 0 aliphatic carbocycles. The minimum atomic E-state index is -0.846. The number of aromatic nitrogens is 1. The number of fused-ring (bicyclic) bond motifs is 2. The van der Waals surface area contributed by atoms with Crippen LogP contribution in [0.15, 0.2) is 96.7 Å². The summed E-state index contributed by atoms with van der Waals surface area (Å²) in [5, 5.41) is 2.26. The van der Waals surface area contributed by atoms with Crippen LogP contribution < -0.4 is 29.1 Å². The fourth-order valence-electron chi connectivity index (χ4n) is 5.71. The highest BCUT2D eigenvalue weighted by atomic mass is 127. The monoisotopic (exact) mass is 902 g/mol. The molecule has 12 heteroatoms. The third-order valence-electron chi connectivity index (χ3n) is 7.89. The Balaban J connectivity index is 1.50. The SMILES string of the molecule is CCOC(=O)C1=C(C)N=c2s/c(=C\c3cc(Br)cc(I)c3OCc3cccc4ccccc34)c(=O)n2[C@@H]1c1cc(OC)c(OC)cc1Br. The first kappa shape index (κ1) is 34.4. The van der Waals surface area contributed by atoms with E-state index in [9.17, 15) is 9.59 Å². The van der Waals surface area contributed by atoms with Crippen LogP contribution in [-0.4, -0.2) is 31.4 Å². The van der Waals surface area contributed by atoms with E-state index >= 15 is 0 Å². The molecule has 4 aromatic carbocycles. The summed E-state index contributed by atoms with van der Waals surface area (Å²) in [4.78, 5) is 33.0. The van der Waals surface area contributed by atoms with E-state index in [4.69, 9.17) is 23.9 Å². The van der Waals surface area contributed by atoms with E-state index < -0.39 is 12.0 Å². The minimum absolute atomic E-state index is 0.170. The van der Waals surface area contributed by atoms with Crippen molar-refractivity contribution in [3.63, 3.8) is 0 Å². The Morgan fingerprint density at radius 2 is 1.77 bits per heavy atom. The molecule has 1 atom stereocenters. The number of nitrogens with zero attached hydrogens (tertiary/aromatic N) is 2. The van der Waals surface area contributed by atoms with Crippen LogP contribution in [0.25, 0.3) is 16.8 Å². The Morgan fingerprint density at radius 3 is 2.52 bits per heavy atom. The van der Waals surface area contributed by atoms with E-state index in [1.165, 1.54) is 18.4 Å². The van der Waals surface area contributed by atoms with Crippen molar-refractivity contribution in [3.8, 4) is 17.2 Å². The van der Waals surface area contributed by atoms with E-state index in [1.54, 1.807) is 37.7 Å². The number of ether oxygens (including phenoxy) is 4. The van der Waals surface area contributed by atoms with Gasteiger partial charge in [0.2, 0.25) is 0 Å². The summed E-state index contributed by atoms with van der Waals surface area (Å²) in [6, 6.07) is 20.9. The van der Waals surface area contributed by atoms with Crippen molar-refractivity contribution in [1.82, 2.24) is 4.57 Å². The van der Waals surface area contributed by atoms with Crippen LogP contribution in [-0.2, 0) is 16.1 Å². The number of hydrogen-bond acceptors (Lipinski definition) is 8. The van der Waals surface area contributed by atoms with E-state index in [0.717, 1.165) is 29.9 Å². The molecule has 0 bridgehead atoms. The van der Waals surface area contributed by atoms with Crippen LogP contribution >= 0.6 is 65.8 Å². The molecule has 8 nitrogen and oxygen atoms in total. The molecule has 0 spiro atoms. The maximum absolute atomic E-state index is 14.4. The predicted molar refractivity (Wildman–Crippen MR) is 203 cm³/mol. The quantitative estimate of drug-likeness (QED) is 0.112. The van der Waals surface area contributed by atoms with Crippen molar-refractivity contribution in [1.29, 1.82) is 0 Å². The number of benzene rings is 4. The summed E-state index contributed by atoms with van der Waals surface area (Å²) >= 11 is 10.8. The number of methoxy groups -OCH3 is 2. The lowest BCUT2D eigenvalue weighted by molar-refractivity contribution is -0.139. The number of esters is 1. The van der Waals surface area contributed by atoms with Gasteiger partial charge in [-0.3, -0.25) is 9.36 Å². The van der Waals surface area contributed by atoms with Crippen LogP contribution in [0.1, 0.15) is 36.6 Å². The number of halogens is 3. The third kappa shape index (κ3) is 6.59. The summed E-state index contributed by atoms with van der Waals surface area (Å²) < 4.78 is 27.4. The van der Waals surface area contributed by atoms with Gasteiger partial charge in [0, 0.05) is 14.5 Å². The van der Waals surface area contributed by atoms with Gasteiger partial charge < -0.3 is 18.9 Å². The Hall–Kier alpha value is -3.46. The predicted octanol–water partition coefficient (Wildman–Crippen LogP) is 7.68. The van der Waals surface area contributed by atoms with Crippen LogP contribution in [0, 0.1) is 3.57 Å². The smallest absolute Gasteiger partial charge is 0.338 e. The first-order valence-electron chi connectivity index (χ1n) is 14.8. The lowest BCUT2D eigenvalue weighted by Gasteiger charge is -2.26. The van der Waals surface area contributed by atoms with Crippen molar-refractivity contribution in [2.45, 2.75) is 26.5 Å². The summed E-state index contributed by atoms with van der Waals surface area (Å²) in [5.74, 6) is 1.05. The molecule has 2 heterocycles. The second kappa shape index (κ2) is 14.6. The van der Waals surface area contributed by atoms with Gasteiger partial charge in [-0.2, -0.15) is 0 Å². The van der Waals surface area contributed by atoms with Gasteiger partial charge in [-0.05, 0) is 88.7 Å². The van der Waals surface area contributed by atoms with Gasteiger partial charge >= 0.3 is 5.97 Å². The van der Waals surface area contributed by atoms with Gasteiger partial charge in [0.1, 0.15) is 12.4 Å². The van der Waals surface area contributed by atoms with Gasteiger partial charge in [-0.15, -0.1) is 0 Å². The molecular weight excluding hydrogens is 875 g/mol. The first-order chi connectivity index (χ1) is 23.1. The molecule has 0 N–H and O–H groups in total. The zero-order valence-electron chi connectivity index (χ0n) is 26.3. The number of rotatable bonds is 9. The molecule has 1 aliphatic heterocycles. The largest absolute Gasteiger partial charge is 0.493 e. The summed E-state index contributed by atoms with van der Waals surface area (Å²) in [6.45, 7) is 4.00. The molecule has 0 saturated carbocycles. The van der Waals surface area contributed by atoms with Crippen LogP contribution in [0.5, 0.6) is 17.2 Å². The van der Waals surface area contributed by atoms with Crippen LogP contribution in [0.3, 0.4) is 0 Å². The molecule has 246 valence electrons. The molecule has 1 aromatic heterocycles. The van der Waals surface area contributed by atoms with Crippen molar-refractivity contribution in [2.24, 2.45) is 4.99 Å². The Kier molecular flexibility index (Phi) is 10.4. The standard InChI is InChI=1S/C36H29Br2IN2O6S/c1-5-46-35(43)31-19(2)40-36-41(32(31)25-16-28(44-3)29(45-4)17-26(25)38)34(42)30(48-36)14-22-13-23(37)15-27(39)33(22)47-18-21-11-8-10-20-9-6-7-12-24(20)21/h6-17,32H,5,18H2,1-4H3/b30-14-/t32-/m1/s1. The van der Waals surface area contributed by atoms with Gasteiger partial charge in [-0.25, -0.2) is 9.79 Å². The van der Waals surface area contributed by atoms with E-state index in [2.05, 4.69) is 78.7 Å². The molecule has 6 rings (SSSR count). The maximum Gasteiger partial charge on any atom is 0.338 e. The number of allylic oxidation sites excluding steroid dienone is 1. The Morgan fingerprint density at radius 1 is 1.04 bits per heavy atom. The highest BCUT2D eigenvalue weighted by Gasteiger charge is 2.35. The van der Waals surface area contributed by atoms with Gasteiger partial charge in [0.15, 0.2) is 16.3 Å². The highest BCUT2D eigenvalue weighted by Crippen LogP contribution is 2.41. The zero-order chi connectivity index (χ0) is 34.1. The molecule has 0 unspecified atom stereocenters. The van der Waals surface area contributed by atoms with Gasteiger partial charge in [0.05, 0.1) is 46.2 Å². The molecule has 0 saturated heterocycles. The molecule has 0 radical (unpaired) electrons. The Bertz CT molecular complexity index is 2290. The fraction of sp³-hybridized carbons (Fsp3) is 0.194. The average molecular weight is 904 g/mol.